The van der Waals surface area contributed by atoms with Gasteiger partial charge in [-0.2, -0.15) is 0 Å². The molecule has 0 saturated heterocycles. The fourth-order valence-electron chi connectivity index (χ4n) is 2.65. The lowest BCUT2D eigenvalue weighted by molar-refractivity contribution is 0.235. The van der Waals surface area contributed by atoms with E-state index in [1.807, 2.05) is 30.3 Å². The van der Waals surface area contributed by atoms with Crippen LogP contribution < -0.4 is 10.6 Å². The van der Waals surface area contributed by atoms with Crippen molar-refractivity contribution in [2.24, 2.45) is 5.92 Å². The van der Waals surface area contributed by atoms with Crippen molar-refractivity contribution in [3.8, 4) is 0 Å². The zero-order chi connectivity index (χ0) is 13.5. The minimum absolute atomic E-state index is 0.0385. The Balaban J connectivity index is 1.72. The van der Waals surface area contributed by atoms with Crippen molar-refractivity contribution >= 4 is 6.03 Å². The number of hydrogen-bond acceptors (Lipinski definition) is 1. The highest BCUT2D eigenvalue weighted by Gasteiger charge is 2.17. The van der Waals surface area contributed by atoms with Gasteiger partial charge in [0.25, 0.3) is 0 Å². The van der Waals surface area contributed by atoms with Crippen LogP contribution >= 0.6 is 0 Å². The third kappa shape index (κ3) is 4.93. The van der Waals surface area contributed by atoms with Gasteiger partial charge in [0, 0.05) is 12.6 Å². The highest BCUT2D eigenvalue weighted by molar-refractivity contribution is 5.74. The Labute approximate surface area is 115 Å². The summed E-state index contributed by atoms with van der Waals surface area (Å²) in [5.74, 6) is 0.805. The van der Waals surface area contributed by atoms with Crippen LogP contribution in [0.2, 0.25) is 0 Å². The van der Waals surface area contributed by atoms with Crippen LogP contribution in [0.25, 0.3) is 0 Å². The molecule has 1 aromatic rings. The molecule has 1 saturated carbocycles. The van der Waals surface area contributed by atoms with Crippen LogP contribution in [0.15, 0.2) is 30.3 Å². The van der Waals surface area contributed by atoms with E-state index in [2.05, 4.69) is 17.6 Å². The minimum Gasteiger partial charge on any atom is -0.335 e. The Bertz CT molecular complexity index is 391. The molecule has 2 N–H and O–H groups in total. The van der Waals surface area contributed by atoms with Gasteiger partial charge in [0.2, 0.25) is 0 Å². The molecule has 3 nitrogen and oxygen atoms in total. The van der Waals surface area contributed by atoms with E-state index in [1.165, 1.54) is 19.3 Å². The number of carbonyl (C=O) groups is 1. The molecule has 1 aliphatic rings. The number of urea groups is 1. The van der Waals surface area contributed by atoms with Crippen molar-refractivity contribution < 1.29 is 4.79 Å². The fourth-order valence-corrected chi connectivity index (χ4v) is 2.65. The molecule has 2 unspecified atom stereocenters. The van der Waals surface area contributed by atoms with Crippen molar-refractivity contribution in [2.75, 3.05) is 0 Å². The molecule has 0 aromatic heterocycles. The number of nitrogens with one attached hydrogen (secondary N) is 2. The number of rotatable bonds is 3. The van der Waals surface area contributed by atoms with E-state index in [9.17, 15) is 4.79 Å². The van der Waals surface area contributed by atoms with E-state index in [-0.39, 0.29) is 6.03 Å². The Morgan fingerprint density at radius 3 is 2.74 bits per heavy atom. The maximum atomic E-state index is 11.9. The molecule has 3 heteroatoms. The summed E-state index contributed by atoms with van der Waals surface area (Å²) in [6, 6.07) is 10.3. The Morgan fingerprint density at radius 2 is 1.95 bits per heavy atom. The van der Waals surface area contributed by atoms with Crippen LogP contribution in [0, 0.1) is 5.92 Å². The quantitative estimate of drug-likeness (QED) is 0.803. The van der Waals surface area contributed by atoms with Crippen LogP contribution in [-0.2, 0) is 6.54 Å². The maximum Gasteiger partial charge on any atom is 0.315 e. The van der Waals surface area contributed by atoms with E-state index in [0.29, 0.717) is 12.6 Å². The topological polar surface area (TPSA) is 41.1 Å². The first-order valence-corrected chi connectivity index (χ1v) is 7.32. The summed E-state index contributed by atoms with van der Waals surface area (Å²) in [6.07, 6.45) is 5.97. The number of hydrogen-bond donors (Lipinski definition) is 2. The monoisotopic (exact) mass is 260 g/mol. The van der Waals surface area contributed by atoms with E-state index in [4.69, 9.17) is 0 Å². The Hall–Kier alpha value is -1.51. The summed E-state index contributed by atoms with van der Waals surface area (Å²) in [5, 5.41) is 6.03. The van der Waals surface area contributed by atoms with E-state index < -0.39 is 0 Å². The second-order valence-corrected chi connectivity index (χ2v) is 5.62. The van der Waals surface area contributed by atoms with Crippen molar-refractivity contribution in [2.45, 2.75) is 51.6 Å². The van der Waals surface area contributed by atoms with E-state index >= 15 is 0 Å². The highest BCUT2D eigenvalue weighted by atomic mass is 16.2. The molecule has 0 radical (unpaired) electrons. The standard InChI is InChI=1S/C16H24N2O/c1-13-6-5-9-15(11-10-13)18-16(19)17-12-14-7-3-2-4-8-14/h2-4,7-8,13,15H,5-6,9-12H2,1H3,(H2,17,18,19). The zero-order valence-electron chi connectivity index (χ0n) is 11.7. The first kappa shape index (κ1) is 13.9. The Morgan fingerprint density at radius 1 is 1.16 bits per heavy atom. The van der Waals surface area contributed by atoms with Gasteiger partial charge in [0.05, 0.1) is 0 Å². The van der Waals surface area contributed by atoms with Gasteiger partial charge in [0.1, 0.15) is 0 Å². The average Bonchev–Trinajstić information content (AvgIpc) is 2.63. The summed E-state index contributed by atoms with van der Waals surface area (Å²) >= 11 is 0. The van der Waals surface area contributed by atoms with Crippen LogP contribution in [-0.4, -0.2) is 12.1 Å². The lowest BCUT2D eigenvalue weighted by Crippen LogP contribution is -2.41. The maximum absolute atomic E-state index is 11.9. The summed E-state index contributed by atoms with van der Waals surface area (Å²) in [4.78, 5) is 11.9. The van der Waals surface area contributed by atoms with Crippen molar-refractivity contribution in [1.82, 2.24) is 10.6 Å². The number of amides is 2. The Kier molecular flexibility index (Phi) is 5.25. The van der Waals surface area contributed by atoms with Gasteiger partial charge < -0.3 is 10.6 Å². The molecular weight excluding hydrogens is 236 g/mol. The molecule has 0 spiro atoms. The van der Waals surface area contributed by atoms with Gasteiger partial charge in [-0.1, -0.05) is 50.1 Å². The molecule has 104 valence electrons. The fraction of sp³-hybridized carbons (Fsp3) is 0.562. The third-order valence-electron chi connectivity index (χ3n) is 3.89. The number of carbonyl (C=O) groups excluding carboxylic acids is 1. The van der Waals surface area contributed by atoms with Crippen LogP contribution in [0.1, 0.15) is 44.6 Å². The van der Waals surface area contributed by atoms with Crippen molar-refractivity contribution in [3.63, 3.8) is 0 Å². The van der Waals surface area contributed by atoms with Gasteiger partial charge >= 0.3 is 6.03 Å². The van der Waals surface area contributed by atoms with Gasteiger partial charge in [-0.05, 0) is 30.7 Å². The summed E-state index contributed by atoms with van der Waals surface area (Å²) in [7, 11) is 0. The number of benzene rings is 1. The zero-order valence-corrected chi connectivity index (χ0v) is 11.7. The molecule has 19 heavy (non-hydrogen) atoms. The lowest BCUT2D eigenvalue weighted by atomic mass is 10.0. The second kappa shape index (κ2) is 7.17. The SMILES string of the molecule is CC1CCCC(NC(=O)NCc2ccccc2)CC1. The predicted molar refractivity (Wildman–Crippen MR) is 77.9 cm³/mol. The molecule has 2 rings (SSSR count). The van der Waals surface area contributed by atoms with Gasteiger partial charge in [-0.15, -0.1) is 0 Å². The minimum atomic E-state index is -0.0385. The molecule has 1 fully saturated rings. The van der Waals surface area contributed by atoms with Gasteiger partial charge in [0.15, 0.2) is 0 Å². The normalized spacial score (nSPS) is 23.4. The summed E-state index contributed by atoms with van der Waals surface area (Å²) < 4.78 is 0. The van der Waals surface area contributed by atoms with Crippen LogP contribution in [0.3, 0.4) is 0 Å². The van der Waals surface area contributed by atoms with E-state index in [1.54, 1.807) is 0 Å². The molecule has 2 atom stereocenters. The van der Waals surface area contributed by atoms with Crippen LogP contribution in [0.4, 0.5) is 4.79 Å². The van der Waals surface area contributed by atoms with Crippen LogP contribution in [0.5, 0.6) is 0 Å². The van der Waals surface area contributed by atoms with E-state index in [0.717, 1.165) is 24.3 Å². The summed E-state index contributed by atoms with van der Waals surface area (Å²) in [5.41, 5.74) is 1.13. The largest absolute Gasteiger partial charge is 0.335 e. The molecule has 0 bridgehead atoms. The van der Waals surface area contributed by atoms with Crippen molar-refractivity contribution in [1.29, 1.82) is 0 Å². The predicted octanol–water partition coefficient (Wildman–Crippen LogP) is 3.45. The smallest absolute Gasteiger partial charge is 0.315 e. The molecule has 1 aromatic carbocycles. The average molecular weight is 260 g/mol. The van der Waals surface area contributed by atoms with Gasteiger partial charge in [-0.25, -0.2) is 4.79 Å². The van der Waals surface area contributed by atoms with Gasteiger partial charge in [-0.3, -0.25) is 0 Å². The molecule has 2 amide bonds. The first-order valence-electron chi connectivity index (χ1n) is 7.32. The molecular formula is C16H24N2O. The molecule has 0 aliphatic heterocycles. The highest BCUT2D eigenvalue weighted by Crippen LogP contribution is 2.22. The second-order valence-electron chi connectivity index (χ2n) is 5.62. The lowest BCUT2D eigenvalue weighted by Gasteiger charge is -2.17. The summed E-state index contributed by atoms with van der Waals surface area (Å²) in [6.45, 7) is 2.90. The first-order chi connectivity index (χ1) is 9.24. The molecule has 1 aliphatic carbocycles. The van der Waals surface area contributed by atoms with Crippen molar-refractivity contribution in [3.05, 3.63) is 35.9 Å². The third-order valence-corrected chi connectivity index (χ3v) is 3.89. The molecule has 0 heterocycles.